The molecule has 3 N–H and O–H groups in total. The summed E-state index contributed by atoms with van der Waals surface area (Å²) in [6.45, 7) is 1.48. The van der Waals surface area contributed by atoms with Gasteiger partial charge in [0.15, 0.2) is 6.10 Å². The van der Waals surface area contributed by atoms with Crippen LogP contribution in [-0.2, 0) is 32.4 Å². The van der Waals surface area contributed by atoms with E-state index in [0.717, 1.165) is 31.2 Å². The summed E-state index contributed by atoms with van der Waals surface area (Å²) >= 11 is 0. The summed E-state index contributed by atoms with van der Waals surface area (Å²) in [6.07, 6.45) is 3.22. The van der Waals surface area contributed by atoms with Crippen molar-refractivity contribution in [3.8, 4) is 0 Å². The van der Waals surface area contributed by atoms with Gasteiger partial charge in [0.25, 0.3) is 5.91 Å². The molecule has 2 aromatic rings. The summed E-state index contributed by atoms with van der Waals surface area (Å²) in [7, 11) is -3.80. The molecule has 28 heavy (non-hydrogen) atoms. The SMILES string of the molecule is C[C@H](OC(=O)c1ccc2c(c1)CCCC2)C(=O)Nc1ccc(S(N)(=O)=O)cc1. The first-order chi connectivity index (χ1) is 13.2. The first kappa shape index (κ1) is 20.0. The first-order valence-corrected chi connectivity index (χ1v) is 10.6. The molecule has 0 saturated carbocycles. The maximum absolute atomic E-state index is 12.4. The topological polar surface area (TPSA) is 116 Å². The predicted octanol–water partition coefficient (Wildman–Crippen LogP) is 2.40. The van der Waals surface area contributed by atoms with Gasteiger partial charge >= 0.3 is 5.97 Å². The van der Waals surface area contributed by atoms with Crippen molar-refractivity contribution in [2.75, 3.05) is 5.32 Å². The highest BCUT2D eigenvalue weighted by atomic mass is 32.2. The van der Waals surface area contributed by atoms with Crippen molar-refractivity contribution in [3.05, 3.63) is 59.2 Å². The highest BCUT2D eigenvalue weighted by Gasteiger charge is 2.20. The maximum Gasteiger partial charge on any atom is 0.338 e. The number of amides is 1. The molecule has 0 bridgehead atoms. The lowest BCUT2D eigenvalue weighted by Crippen LogP contribution is -2.30. The molecule has 0 fully saturated rings. The summed E-state index contributed by atoms with van der Waals surface area (Å²) < 4.78 is 27.8. The smallest absolute Gasteiger partial charge is 0.338 e. The monoisotopic (exact) mass is 402 g/mol. The van der Waals surface area contributed by atoms with E-state index >= 15 is 0 Å². The zero-order valence-corrected chi connectivity index (χ0v) is 16.3. The third-order valence-electron chi connectivity index (χ3n) is 4.69. The van der Waals surface area contributed by atoms with Gasteiger partial charge in [-0.1, -0.05) is 6.07 Å². The molecule has 7 nitrogen and oxygen atoms in total. The Hall–Kier alpha value is -2.71. The molecule has 3 rings (SSSR count). The summed E-state index contributed by atoms with van der Waals surface area (Å²) in [5, 5.41) is 7.61. The number of rotatable bonds is 5. The lowest BCUT2D eigenvalue weighted by molar-refractivity contribution is -0.123. The summed E-state index contributed by atoms with van der Waals surface area (Å²) in [5.41, 5.74) is 3.22. The normalized spacial score (nSPS) is 14.6. The molecule has 148 valence electrons. The standard InChI is InChI=1S/C20H22N2O5S/c1-13(19(23)22-17-8-10-18(11-9-17)28(21,25)26)27-20(24)16-7-6-14-4-2-3-5-15(14)12-16/h6-13H,2-5H2,1H3,(H,22,23)(H2,21,25,26)/t13-/m0/s1. The number of hydrogen-bond donors (Lipinski definition) is 2. The number of anilines is 1. The van der Waals surface area contributed by atoms with Crippen LogP contribution in [0.3, 0.4) is 0 Å². The van der Waals surface area contributed by atoms with Crippen LogP contribution < -0.4 is 10.5 Å². The second kappa shape index (κ2) is 8.12. The van der Waals surface area contributed by atoms with E-state index in [2.05, 4.69) is 5.32 Å². The van der Waals surface area contributed by atoms with Crippen LogP contribution in [0.2, 0.25) is 0 Å². The molecular formula is C20H22N2O5S. The Balaban J connectivity index is 1.61. The average molecular weight is 402 g/mol. The Morgan fingerprint density at radius 2 is 1.68 bits per heavy atom. The molecular weight excluding hydrogens is 380 g/mol. The third kappa shape index (κ3) is 4.76. The zero-order chi connectivity index (χ0) is 20.3. The fourth-order valence-electron chi connectivity index (χ4n) is 3.11. The Labute approximate surface area is 163 Å². The molecule has 8 heteroatoms. The summed E-state index contributed by atoms with van der Waals surface area (Å²) in [4.78, 5) is 24.6. The van der Waals surface area contributed by atoms with Gasteiger partial charge in [-0.3, -0.25) is 4.79 Å². The van der Waals surface area contributed by atoms with Crippen LogP contribution in [0.25, 0.3) is 0 Å². The van der Waals surface area contributed by atoms with E-state index in [-0.39, 0.29) is 4.90 Å². The van der Waals surface area contributed by atoms with Crippen molar-refractivity contribution < 1.29 is 22.7 Å². The molecule has 1 aliphatic carbocycles. The highest BCUT2D eigenvalue weighted by Crippen LogP contribution is 2.23. The molecule has 0 saturated heterocycles. The minimum atomic E-state index is -3.80. The Bertz CT molecular complexity index is 1000. The number of esters is 1. The van der Waals surface area contributed by atoms with Crippen LogP contribution in [0, 0.1) is 0 Å². The van der Waals surface area contributed by atoms with Gasteiger partial charge in [0.2, 0.25) is 10.0 Å². The van der Waals surface area contributed by atoms with Gasteiger partial charge in [0.05, 0.1) is 10.5 Å². The predicted molar refractivity (Wildman–Crippen MR) is 104 cm³/mol. The molecule has 1 atom stereocenters. The molecule has 0 aromatic heterocycles. The Kier molecular flexibility index (Phi) is 5.81. The van der Waals surface area contributed by atoms with Crippen molar-refractivity contribution >= 4 is 27.6 Å². The van der Waals surface area contributed by atoms with E-state index in [1.807, 2.05) is 12.1 Å². The van der Waals surface area contributed by atoms with E-state index in [0.29, 0.717) is 11.3 Å². The number of carbonyl (C=O) groups is 2. The molecule has 2 aromatic carbocycles. The molecule has 1 aliphatic rings. The number of ether oxygens (including phenoxy) is 1. The van der Waals surface area contributed by atoms with Crippen LogP contribution >= 0.6 is 0 Å². The Morgan fingerprint density at radius 3 is 2.32 bits per heavy atom. The van der Waals surface area contributed by atoms with Gasteiger partial charge in [-0.15, -0.1) is 0 Å². The van der Waals surface area contributed by atoms with Crippen LogP contribution in [0.1, 0.15) is 41.3 Å². The van der Waals surface area contributed by atoms with Gasteiger partial charge in [-0.05, 0) is 80.1 Å². The van der Waals surface area contributed by atoms with Gasteiger partial charge in [-0.25, -0.2) is 18.4 Å². The van der Waals surface area contributed by atoms with Gasteiger partial charge in [-0.2, -0.15) is 0 Å². The van der Waals surface area contributed by atoms with E-state index in [4.69, 9.17) is 9.88 Å². The number of carbonyl (C=O) groups excluding carboxylic acids is 2. The van der Waals surface area contributed by atoms with Crippen molar-refractivity contribution in [3.63, 3.8) is 0 Å². The lowest BCUT2D eigenvalue weighted by atomic mass is 9.90. The maximum atomic E-state index is 12.4. The van der Waals surface area contributed by atoms with E-state index in [1.54, 1.807) is 6.07 Å². The number of nitrogens with two attached hydrogens (primary N) is 1. The number of benzene rings is 2. The van der Waals surface area contributed by atoms with Crippen LogP contribution in [0.15, 0.2) is 47.4 Å². The minimum absolute atomic E-state index is 0.0580. The summed E-state index contributed by atoms with van der Waals surface area (Å²) in [6, 6.07) is 10.9. The molecule has 0 unspecified atom stereocenters. The fraction of sp³-hybridized carbons (Fsp3) is 0.300. The molecule has 0 heterocycles. The van der Waals surface area contributed by atoms with Crippen LogP contribution in [-0.4, -0.2) is 26.4 Å². The summed E-state index contributed by atoms with van der Waals surface area (Å²) in [5.74, 6) is -1.07. The largest absolute Gasteiger partial charge is 0.449 e. The number of aryl methyl sites for hydroxylation is 2. The van der Waals surface area contributed by atoms with Gasteiger partial charge in [0, 0.05) is 5.69 Å². The number of sulfonamides is 1. The lowest BCUT2D eigenvalue weighted by Gasteiger charge is -2.17. The van der Waals surface area contributed by atoms with Gasteiger partial charge in [0.1, 0.15) is 0 Å². The Morgan fingerprint density at radius 1 is 1.04 bits per heavy atom. The second-order valence-electron chi connectivity index (χ2n) is 6.80. The zero-order valence-electron chi connectivity index (χ0n) is 15.5. The number of fused-ring (bicyclic) bond motifs is 1. The van der Waals surface area contributed by atoms with E-state index < -0.39 is 28.0 Å². The van der Waals surface area contributed by atoms with Crippen LogP contribution in [0.5, 0.6) is 0 Å². The number of hydrogen-bond acceptors (Lipinski definition) is 5. The molecule has 1 amide bonds. The first-order valence-electron chi connectivity index (χ1n) is 9.00. The second-order valence-corrected chi connectivity index (χ2v) is 8.36. The average Bonchev–Trinajstić information content (AvgIpc) is 2.67. The van der Waals surface area contributed by atoms with Crippen LogP contribution in [0.4, 0.5) is 5.69 Å². The molecule has 0 aliphatic heterocycles. The van der Waals surface area contributed by atoms with Gasteiger partial charge < -0.3 is 10.1 Å². The van der Waals surface area contributed by atoms with Crippen molar-refractivity contribution in [2.24, 2.45) is 5.14 Å². The highest BCUT2D eigenvalue weighted by molar-refractivity contribution is 7.89. The fourth-order valence-corrected chi connectivity index (χ4v) is 3.63. The third-order valence-corrected chi connectivity index (χ3v) is 5.62. The quantitative estimate of drug-likeness (QED) is 0.745. The molecule has 0 radical (unpaired) electrons. The van der Waals surface area contributed by atoms with Crippen molar-refractivity contribution in [1.82, 2.24) is 0 Å². The number of primary sulfonamides is 1. The van der Waals surface area contributed by atoms with Crippen molar-refractivity contribution in [2.45, 2.75) is 43.6 Å². The van der Waals surface area contributed by atoms with E-state index in [9.17, 15) is 18.0 Å². The van der Waals surface area contributed by atoms with E-state index in [1.165, 1.54) is 36.8 Å². The molecule has 0 spiro atoms. The van der Waals surface area contributed by atoms with Crippen molar-refractivity contribution in [1.29, 1.82) is 0 Å². The minimum Gasteiger partial charge on any atom is -0.449 e. The number of nitrogens with one attached hydrogen (secondary N) is 1.